The van der Waals surface area contributed by atoms with Gasteiger partial charge in [-0.2, -0.15) is 0 Å². The van der Waals surface area contributed by atoms with Gasteiger partial charge in [0.2, 0.25) is 10.0 Å². The quantitative estimate of drug-likeness (QED) is 0.287. The van der Waals surface area contributed by atoms with Gasteiger partial charge in [-0.25, -0.2) is 17.5 Å². The van der Waals surface area contributed by atoms with Crippen molar-refractivity contribution in [2.24, 2.45) is 4.99 Å². The van der Waals surface area contributed by atoms with Crippen LogP contribution in [0.15, 0.2) is 4.99 Å². The second-order valence-corrected chi connectivity index (χ2v) is 9.06. The summed E-state index contributed by atoms with van der Waals surface area (Å²) in [5, 5.41) is 8.87. The molecule has 1 amide bonds. The summed E-state index contributed by atoms with van der Waals surface area (Å²) in [6.45, 7) is 11.5. The molecular weight excluding hydrogens is 358 g/mol. The van der Waals surface area contributed by atoms with Crippen LogP contribution in [-0.4, -0.2) is 75.9 Å². The summed E-state index contributed by atoms with van der Waals surface area (Å²) in [6.07, 6.45) is 0.170. The molecule has 0 saturated heterocycles. The summed E-state index contributed by atoms with van der Waals surface area (Å²) in [5.74, 6) is 0.723. The van der Waals surface area contributed by atoms with Gasteiger partial charge in [-0.05, 0) is 41.0 Å². The molecule has 0 aliphatic carbocycles. The van der Waals surface area contributed by atoms with Gasteiger partial charge < -0.3 is 20.7 Å². The Morgan fingerprint density at radius 1 is 1.12 bits per heavy atom. The predicted octanol–water partition coefficient (Wildman–Crippen LogP) is 0.738. The Bertz CT molecular complexity index is 543. The van der Waals surface area contributed by atoms with Crippen LogP contribution < -0.4 is 16.0 Å². The predicted molar refractivity (Wildman–Crippen MR) is 105 cm³/mol. The molecule has 0 radical (unpaired) electrons. The first kappa shape index (κ1) is 24.5. The highest BCUT2D eigenvalue weighted by Gasteiger charge is 2.15. The molecule has 0 rings (SSSR count). The number of amides is 1. The third kappa shape index (κ3) is 11.9. The van der Waals surface area contributed by atoms with Gasteiger partial charge in [0.25, 0.3) is 0 Å². The lowest BCUT2D eigenvalue weighted by Gasteiger charge is -2.20. The molecule has 9 nitrogen and oxygen atoms in total. The fourth-order valence-corrected chi connectivity index (χ4v) is 2.69. The van der Waals surface area contributed by atoms with Crippen LogP contribution in [0.5, 0.6) is 0 Å². The zero-order chi connectivity index (χ0) is 20.2. The van der Waals surface area contributed by atoms with Gasteiger partial charge in [0.05, 0.1) is 5.75 Å². The molecule has 0 spiro atoms. The van der Waals surface area contributed by atoms with Crippen molar-refractivity contribution in [2.75, 3.05) is 45.5 Å². The Balaban J connectivity index is 4.19. The number of carbonyl (C=O) groups excluding carboxylic acids is 1. The number of aliphatic imine (C=N–C) groups is 1. The van der Waals surface area contributed by atoms with Crippen LogP contribution in [0.3, 0.4) is 0 Å². The van der Waals surface area contributed by atoms with Crippen molar-refractivity contribution in [3.05, 3.63) is 0 Å². The summed E-state index contributed by atoms with van der Waals surface area (Å²) in [6, 6.07) is 0. The van der Waals surface area contributed by atoms with Gasteiger partial charge in [0, 0.05) is 39.8 Å². The number of sulfonamides is 1. The van der Waals surface area contributed by atoms with Crippen LogP contribution in [0, 0.1) is 0 Å². The average molecular weight is 394 g/mol. The number of hydrogen-bond acceptors (Lipinski definition) is 5. The van der Waals surface area contributed by atoms with Crippen molar-refractivity contribution in [2.45, 2.75) is 46.6 Å². The Morgan fingerprint density at radius 3 is 2.27 bits per heavy atom. The molecule has 0 unspecified atom stereocenters. The summed E-state index contributed by atoms with van der Waals surface area (Å²) in [7, 11) is -1.57. The normalized spacial score (nSPS) is 12.8. The van der Waals surface area contributed by atoms with Crippen LogP contribution >= 0.6 is 0 Å². The maximum atomic E-state index is 11.7. The van der Waals surface area contributed by atoms with Crippen molar-refractivity contribution < 1.29 is 17.9 Å². The number of guanidine groups is 1. The zero-order valence-electron chi connectivity index (χ0n) is 16.9. The topological polar surface area (TPSA) is 112 Å². The molecule has 0 aromatic carbocycles. The van der Waals surface area contributed by atoms with E-state index in [1.54, 1.807) is 14.0 Å². The number of carbonyl (C=O) groups is 1. The molecule has 0 aromatic rings. The molecule has 154 valence electrons. The maximum Gasteiger partial charge on any atom is 0.407 e. The molecule has 26 heavy (non-hydrogen) atoms. The van der Waals surface area contributed by atoms with Crippen LogP contribution in [0.4, 0.5) is 4.79 Å². The minimum absolute atomic E-state index is 0.0988. The maximum absolute atomic E-state index is 11.7. The first-order chi connectivity index (χ1) is 12.0. The largest absolute Gasteiger partial charge is 0.444 e. The van der Waals surface area contributed by atoms with Crippen molar-refractivity contribution in [3.63, 3.8) is 0 Å². The first-order valence-electron chi connectivity index (χ1n) is 8.95. The van der Waals surface area contributed by atoms with E-state index in [0.717, 1.165) is 0 Å². The molecule has 0 fully saturated rings. The van der Waals surface area contributed by atoms with Crippen LogP contribution in [0.1, 0.15) is 41.0 Å². The fourth-order valence-electron chi connectivity index (χ4n) is 1.85. The summed E-state index contributed by atoms with van der Waals surface area (Å²) in [5.41, 5.74) is -0.522. The second-order valence-electron chi connectivity index (χ2n) is 6.69. The third-order valence-electron chi connectivity index (χ3n) is 3.17. The lowest BCUT2D eigenvalue weighted by atomic mass is 10.2. The number of nitrogens with zero attached hydrogens (tertiary/aromatic N) is 2. The SMILES string of the molecule is CCNC(=NCCCN(C)S(=O)(=O)CC)NCCNC(=O)OC(C)(C)C. The number of rotatable bonds is 10. The lowest BCUT2D eigenvalue weighted by molar-refractivity contribution is 0.0529. The molecule has 0 atom stereocenters. The molecule has 10 heteroatoms. The minimum atomic E-state index is -3.15. The number of hydrogen-bond donors (Lipinski definition) is 3. The first-order valence-corrected chi connectivity index (χ1v) is 10.6. The molecule has 3 N–H and O–H groups in total. The van der Waals surface area contributed by atoms with E-state index in [0.29, 0.717) is 45.1 Å². The Kier molecular flexibility index (Phi) is 11.2. The highest BCUT2D eigenvalue weighted by molar-refractivity contribution is 7.89. The minimum Gasteiger partial charge on any atom is -0.444 e. The van der Waals surface area contributed by atoms with Gasteiger partial charge in [-0.15, -0.1) is 0 Å². The van der Waals surface area contributed by atoms with Gasteiger partial charge in [0.15, 0.2) is 5.96 Å². The molecule has 0 heterocycles. The lowest BCUT2D eigenvalue weighted by Crippen LogP contribution is -2.42. The smallest absolute Gasteiger partial charge is 0.407 e. The van der Waals surface area contributed by atoms with E-state index in [4.69, 9.17) is 4.74 Å². The van der Waals surface area contributed by atoms with E-state index < -0.39 is 21.7 Å². The van der Waals surface area contributed by atoms with E-state index in [1.165, 1.54) is 4.31 Å². The van der Waals surface area contributed by atoms with Crippen molar-refractivity contribution in [3.8, 4) is 0 Å². The van der Waals surface area contributed by atoms with Crippen molar-refractivity contribution in [1.82, 2.24) is 20.3 Å². The fraction of sp³-hybridized carbons (Fsp3) is 0.875. The Labute approximate surface area is 158 Å². The van der Waals surface area contributed by atoms with Crippen molar-refractivity contribution in [1.29, 1.82) is 0 Å². The van der Waals surface area contributed by atoms with Crippen molar-refractivity contribution >= 4 is 22.1 Å². The molecular formula is C16H35N5O4S. The zero-order valence-corrected chi connectivity index (χ0v) is 17.7. The van der Waals surface area contributed by atoms with Crippen LogP contribution in [0.25, 0.3) is 0 Å². The number of alkyl carbamates (subject to hydrolysis) is 1. The van der Waals surface area contributed by atoms with Gasteiger partial charge in [-0.3, -0.25) is 4.99 Å². The Morgan fingerprint density at radius 2 is 1.73 bits per heavy atom. The van der Waals surface area contributed by atoms with E-state index >= 15 is 0 Å². The van der Waals surface area contributed by atoms with Gasteiger partial charge in [0.1, 0.15) is 5.60 Å². The standard InChI is InChI=1S/C16H35N5O4S/c1-7-17-14(18-10-9-13-21(6)26(23,24)8-2)19-11-12-20-15(22)25-16(3,4)5/h7-13H2,1-6H3,(H,20,22)(H2,17,18,19). The summed E-state index contributed by atoms with van der Waals surface area (Å²) < 4.78 is 29.8. The van der Waals surface area contributed by atoms with Crippen LogP contribution in [0.2, 0.25) is 0 Å². The Hall–Kier alpha value is -1.55. The second kappa shape index (κ2) is 11.9. The molecule has 0 aliphatic heterocycles. The number of nitrogens with one attached hydrogen (secondary N) is 3. The highest BCUT2D eigenvalue weighted by atomic mass is 32.2. The van der Waals surface area contributed by atoms with E-state index in [1.807, 2.05) is 27.7 Å². The molecule has 0 saturated carbocycles. The van der Waals surface area contributed by atoms with E-state index in [2.05, 4.69) is 20.9 Å². The monoisotopic (exact) mass is 393 g/mol. The van der Waals surface area contributed by atoms with E-state index in [-0.39, 0.29) is 5.75 Å². The molecule has 0 aromatic heterocycles. The highest BCUT2D eigenvalue weighted by Crippen LogP contribution is 2.06. The summed E-state index contributed by atoms with van der Waals surface area (Å²) >= 11 is 0. The van der Waals surface area contributed by atoms with Gasteiger partial charge in [-0.1, -0.05) is 0 Å². The third-order valence-corrected chi connectivity index (χ3v) is 5.03. The van der Waals surface area contributed by atoms with Gasteiger partial charge >= 0.3 is 6.09 Å². The molecule has 0 bridgehead atoms. The number of ether oxygens (including phenoxy) is 1. The van der Waals surface area contributed by atoms with E-state index in [9.17, 15) is 13.2 Å². The van der Waals surface area contributed by atoms with Crippen LogP contribution in [-0.2, 0) is 14.8 Å². The summed E-state index contributed by atoms with van der Waals surface area (Å²) in [4.78, 5) is 15.9. The molecule has 0 aliphatic rings. The average Bonchev–Trinajstić information content (AvgIpc) is 2.53.